The SMILES string of the molecule is CCC(N)Cc1noc(C2(C)CCCCC2)n1. The Bertz CT molecular complexity index is 355. The second kappa shape index (κ2) is 5.17. The summed E-state index contributed by atoms with van der Waals surface area (Å²) in [5, 5.41) is 4.06. The largest absolute Gasteiger partial charge is 0.339 e. The fraction of sp³-hybridized carbons (Fsp3) is 0.846. The Labute approximate surface area is 103 Å². The van der Waals surface area contributed by atoms with Crippen LogP contribution in [0.5, 0.6) is 0 Å². The van der Waals surface area contributed by atoms with Gasteiger partial charge in [0.25, 0.3) is 0 Å². The van der Waals surface area contributed by atoms with Crippen LogP contribution in [-0.2, 0) is 11.8 Å². The summed E-state index contributed by atoms with van der Waals surface area (Å²) in [5.74, 6) is 1.58. The quantitative estimate of drug-likeness (QED) is 0.874. The molecule has 0 bridgehead atoms. The average molecular weight is 237 g/mol. The van der Waals surface area contributed by atoms with Crippen LogP contribution in [0.3, 0.4) is 0 Å². The molecule has 2 N–H and O–H groups in total. The van der Waals surface area contributed by atoms with Crippen LogP contribution in [0.4, 0.5) is 0 Å². The lowest BCUT2D eigenvalue weighted by molar-refractivity contribution is 0.231. The lowest BCUT2D eigenvalue weighted by atomic mass is 9.75. The van der Waals surface area contributed by atoms with Crippen LogP contribution in [0, 0.1) is 0 Å². The average Bonchev–Trinajstić information content (AvgIpc) is 2.79. The Hall–Kier alpha value is -0.900. The number of aromatic nitrogens is 2. The van der Waals surface area contributed by atoms with E-state index in [4.69, 9.17) is 10.3 Å². The standard InChI is InChI=1S/C13H23N3O/c1-3-10(14)9-11-15-12(17-16-11)13(2)7-5-4-6-8-13/h10H,3-9,14H2,1-2H3. The van der Waals surface area contributed by atoms with Crippen molar-refractivity contribution >= 4 is 0 Å². The molecule has 17 heavy (non-hydrogen) atoms. The summed E-state index contributed by atoms with van der Waals surface area (Å²) in [5.41, 5.74) is 6.00. The van der Waals surface area contributed by atoms with E-state index in [1.165, 1.54) is 19.3 Å². The number of hydrogen-bond donors (Lipinski definition) is 1. The second-order valence-electron chi connectivity index (χ2n) is 5.51. The van der Waals surface area contributed by atoms with E-state index in [9.17, 15) is 0 Å². The molecule has 4 heteroatoms. The lowest BCUT2D eigenvalue weighted by Gasteiger charge is -2.29. The predicted molar refractivity (Wildman–Crippen MR) is 66.7 cm³/mol. The third-order valence-electron chi connectivity index (χ3n) is 3.91. The molecule has 1 aliphatic rings. The molecular formula is C13H23N3O. The first-order valence-corrected chi connectivity index (χ1v) is 6.73. The Morgan fingerprint density at radius 1 is 1.35 bits per heavy atom. The number of hydrogen-bond acceptors (Lipinski definition) is 4. The van der Waals surface area contributed by atoms with Gasteiger partial charge in [-0.25, -0.2) is 0 Å². The van der Waals surface area contributed by atoms with E-state index in [0.29, 0.717) is 0 Å². The van der Waals surface area contributed by atoms with Crippen LogP contribution < -0.4 is 5.73 Å². The monoisotopic (exact) mass is 237 g/mol. The summed E-state index contributed by atoms with van der Waals surface area (Å²) >= 11 is 0. The Morgan fingerprint density at radius 2 is 2.06 bits per heavy atom. The summed E-state index contributed by atoms with van der Waals surface area (Å²) in [6.07, 6.45) is 7.85. The molecule has 1 fully saturated rings. The second-order valence-corrected chi connectivity index (χ2v) is 5.51. The van der Waals surface area contributed by atoms with Crippen molar-refractivity contribution in [3.8, 4) is 0 Å². The Balaban J connectivity index is 2.06. The van der Waals surface area contributed by atoms with Crippen molar-refractivity contribution in [2.45, 2.75) is 70.3 Å². The van der Waals surface area contributed by atoms with Gasteiger partial charge in [0.15, 0.2) is 5.82 Å². The summed E-state index contributed by atoms with van der Waals surface area (Å²) in [7, 11) is 0. The third kappa shape index (κ3) is 2.86. The van der Waals surface area contributed by atoms with Gasteiger partial charge in [-0.1, -0.05) is 38.3 Å². The first-order chi connectivity index (χ1) is 8.14. The van der Waals surface area contributed by atoms with Crippen molar-refractivity contribution in [2.75, 3.05) is 0 Å². The van der Waals surface area contributed by atoms with Gasteiger partial charge in [-0.2, -0.15) is 4.98 Å². The van der Waals surface area contributed by atoms with E-state index in [1.54, 1.807) is 0 Å². The zero-order valence-electron chi connectivity index (χ0n) is 10.9. The van der Waals surface area contributed by atoms with Gasteiger partial charge in [0.05, 0.1) is 0 Å². The molecule has 1 unspecified atom stereocenters. The molecule has 2 rings (SSSR count). The van der Waals surface area contributed by atoms with Crippen molar-refractivity contribution in [2.24, 2.45) is 5.73 Å². The molecule has 0 radical (unpaired) electrons. The molecule has 1 saturated carbocycles. The molecule has 0 spiro atoms. The van der Waals surface area contributed by atoms with Crippen LogP contribution >= 0.6 is 0 Å². The van der Waals surface area contributed by atoms with Gasteiger partial charge in [-0.05, 0) is 19.3 Å². The number of nitrogens with two attached hydrogens (primary N) is 1. The van der Waals surface area contributed by atoms with Crippen molar-refractivity contribution in [3.05, 3.63) is 11.7 Å². The first kappa shape index (κ1) is 12.6. The zero-order valence-corrected chi connectivity index (χ0v) is 10.9. The van der Waals surface area contributed by atoms with E-state index in [0.717, 1.165) is 37.4 Å². The fourth-order valence-corrected chi connectivity index (χ4v) is 2.51. The maximum Gasteiger partial charge on any atom is 0.232 e. The number of nitrogens with zero attached hydrogens (tertiary/aromatic N) is 2. The normalized spacial score (nSPS) is 21.4. The van der Waals surface area contributed by atoms with E-state index < -0.39 is 0 Å². The van der Waals surface area contributed by atoms with Crippen LogP contribution in [0.25, 0.3) is 0 Å². The molecule has 96 valence electrons. The lowest BCUT2D eigenvalue weighted by Crippen LogP contribution is -2.26. The topological polar surface area (TPSA) is 64.9 Å². The predicted octanol–water partition coefficient (Wildman–Crippen LogP) is 2.57. The van der Waals surface area contributed by atoms with Gasteiger partial charge >= 0.3 is 0 Å². The molecule has 0 aliphatic heterocycles. The van der Waals surface area contributed by atoms with Crippen molar-refractivity contribution < 1.29 is 4.52 Å². The molecule has 1 aromatic heterocycles. The van der Waals surface area contributed by atoms with E-state index in [1.807, 2.05) is 0 Å². The van der Waals surface area contributed by atoms with Crippen molar-refractivity contribution in [3.63, 3.8) is 0 Å². The maximum atomic E-state index is 5.90. The van der Waals surface area contributed by atoms with E-state index in [2.05, 4.69) is 24.0 Å². The smallest absolute Gasteiger partial charge is 0.232 e. The summed E-state index contributed by atoms with van der Waals surface area (Å²) < 4.78 is 5.44. The van der Waals surface area contributed by atoms with Gasteiger partial charge in [0, 0.05) is 17.9 Å². The molecule has 0 saturated heterocycles. The van der Waals surface area contributed by atoms with Crippen molar-refractivity contribution in [1.82, 2.24) is 10.1 Å². The highest BCUT2D eigenvalue weighted by Crippen LogP contribution is 2.37. The van der Waals surface area contributed by atoms with Gasteiger partial charge in [0.1, 0.15) is 0 Å². The molecule has 1 aliphatic carbocycles. The van der Waals surface area contributed by atoms with E-state index >= 15 is 0 Å². The van der Waals surface area contributed by atoms with Crippen LogP contribution in [0.1, 0.15) is 64.1 Å². The van der Waals surface area contributed by atoms with E-state index in [-0.39, 0.29) is 11.5 Å². The summed E-state index contributed by atoms with van der Waals surface area (Å²) in [6, 6.07) is 0.139. The summed E-state index contributed by atoms with van der Waals surface area (Å²) in [6.45, 7) is 4.32. The minimum absolute atomic E-state index is 0.0970. The fourth-order valence-electron chi connectivity index (χ4n) is 2.51. The Kier molecular flexibility index (Phi) is 3.82. The van der Waals surface area contributed by atoms with Crippen molar-refractivity contribution in [1.29, 1.82) is 0 Å². The third-order valence-corrected chi connectivity index (χ3v) is 3.91. The highest BCUT2D eigenvalue weighted by atomic mass is 16.5. The minimum Gasteiger partial charge on any atom is -0.339 e. The maximum absolute atomic E-state index is 5.90. The van der Waals surface area contributed by atoms with Crippen LogP contribution in [-0.4, -0.2) is 16.2 Å². The summed E-state index contributed by atoms with van der Waals surface area (Å²) in [4.78, 5) is 4.54. The molecule has 4 nitrogen and oxygen atoms in total. The Morgan fingerprint density at radius 3 is 2.71 bits per heavy atom. The molecule has 1 atom stereocenters. The molecule has 1 heterocycles. The van der Waals surface area contributed by atoms with Gasteiger partial charge < -0.3 is 10.3 Å². The number of rotatable bonds is 4. The van der Waals surface area contributed by atoms with Gasteiger partial charge in [-0.15, -0.1) is 0 Å². The van der Waals surface area contributed by atoms with Crippen LogP contribution in [0.15, 0.2) is 4.52 Å². The van der Waals surface area contributed by atoms with Crippen LogP contribution in [0.2, 0.25) is 0 Å². The highest BCUT2D eigenvalue weighted by Gasteiger charge is 2.34. The molecule has 1 aromatic rings. The minimum atomic E-state index is 0.0970. The van der Waals surface area contributed by atoms with Gasteiger partial charge in [-0.3, -0.25) is 0 Å². The zero-order chi connectivity index (χ0) is 12.3. The highest BCUT2D eigenvalue weighted by molar-refractivity contribution is 5.05. The first-order valence-electron chi connectivity index (χ1n) is 6.73. The molecule has 0 amide bonds. The van der Waals surface area contributed by atoms with Gasteiger partial charge in [0.2, 0.25) is 5.89 Å². The molecule has 0 aromatic carbocycles. The molecular weight excluding hydrogens is 214 g/mol.